The number of ether oxygens (including phenoxy) is 1. The number of methoxy groups -OCH3 is 1. The molecule has 2 aliphatic rings. The van der Waals surface area contributed by atoms with E-state index in [1.54, 1.807) is 7.11 Å². The summed E-state index contributed by atoms with van der Waals surface area (Å²) < 4.78 is 5.46. The van der Waals surface area contributed by atoms with E-state index in [2.05, 4.69) is 28.3 Å². The summed E-state index contributed by atoms with van der Waals surface area (Å²) in [5, 5.41) is 3.70. The first-order chi connectivity index (χ1) is 9.17. The maximum Gasteiger partial charge on any atom is 0.160 e. The molecule has 1 N–H and O–H groups in total. The lowest BCUT2D eigenvalue weighted by Crippen LogP contribution is -2.47. The first kappa shape index (κ1) is 12.7. The van der Waals surface area contributed by atoms with Crippen molar-refractivity contribution >= 4 is 5.69 Å². The van der Waals surface area contributed by atoms with Crippen molar-refractivity contribution in [2.45, 2.75) is 50.7 Å². The van der Waals surface area contributed by atoms with E-state index in [4.69, 9.17) is 4.74 Å². The van der Waals surface area contributed by atoms with E-state index < -0.39 is 0 Å². The minimum absolute atomic E-state index is 0.606. The van der Waals surface area contributed by atoms with E-state index in [1.165, 1.54) is 31.4 Å². The highest BCUT2D eigenvalue weighted by Gasteiger charge is 2.35. The van der Waals surface area contributed by atoms with Gasteiger partial charge in [-0.25, -0.2) is 0 Å². The summed E-state index contributed by atoms with van der Waals surface area (Å²) >= 11 is 0. The van der Waals surface area contributed by atoms with Gasteiger partial charge in [-0.2, -0.15) is 0 Å². The number of fused-ring (bicyclic) bond motifs is 2. The maximum absolute atomic E-state index is 5.46. The van der Waals surface area contributed by atoms with Crippen molar-refractivity contribution in [3.8, 4) is 5.75 Å². The third-order valence-corrected chi connectivity index (χ3v) is 4.58. The lowest BCUT2D eigenvalue weighted by Gasteiger charge is -2.37. The number of nitrogens with one attached hydrogen (secondary N) is 1. The van der Waals surface area contributed by atoms with Crippen molar-refractivity contribution < 1.29 is 4.74 Å². The van der Waals surface area contributed by atoms with Crippen LogP contribution >= 0.6 is 0 Å². The minimum atomic E-state index is 0.606. The molecule has 0 aliphatic carbocycles. The van der Waals surface area contributed by atoms with E-state index in [1.807, 2.05) is 13.1 Å². The van der Waals surface area contributed by atoms with Crippen molar-refractivity contribution in [2.75, 3.05) is 19.1 Å². The molecule has 3 rings (SSSR count). The fourth-order valence-electron chi connectivity index (χ4n) is 3.51. The van der Waals surface area contributed by atoms with E-state index >= 15 is 0 Å². The van der Waals surface area contributed by atoms with Gasteiger partial charge in [-0.15, -0.1) is 0 Å². The van der Waals surface area contributed by atoms with E-state index in [9.17, 15) is 0 Å². The smallest absolute Gasteiger partial charge is 0.160 e. The summed E-state index contributed by atoms with van der Waals surface area (Å²) in [6, 6.07) is 4.15. The standard InChI is InChI=1S/C15H23N3O/c1-10-6-14(15(19-3)9-16-10)18(2)13-7-11-4-5-12(8-13)17-11/h6,9,11-13,17H,4-5,7-8H2,1-3H3. The number of anilines is 1. The molecule has 2 saturated heterocycles. The number of hydrogen-bond acceptors (Lipinski definition) is 4. The van der Waals surface area contributed by atoms with Crippen LogP contribution in [0, 0.1) is 6.92 Å². The number of piperidine rings is 1. The molecule has 3 heterocycles. The van der Waals surface area contributed by atoms with Crippen LogP contribution in [0.4, 0.5) is 5.69 Å². The zero-order chi connectivity index (χ0) is 13.4. The molecule has 2 bridgehead atoms. The SMILES string of the molecule is COc1cnc(C)cc1N(C)C1CC2CCC(C1)N2. The first-order valence-electron chi connectivity index (χ1n) is 7.17. The molecule has 2 atom stereocenters. The quantitative estimate of drug-likeness (QED) is 0.904. The molecule has 2 unspecified atom stereocenters. The van der Waals surface area contributed by atoms with Gasteiger partial charge >= 0.3 is 0 Å². The van der Waals surface area contributed by atoms with Gasteiger partial charge in [0.05, 0.1) is 19.0 Å². The largest absolute Gasteiger partial charge is 0.493 e. The Kier molecular flexibility index (Phi) is 3.35. The van der Waals surface area contributed by atoms with Crippen LogP contribution in [-0.4, -0.2) is 37.3 Å². The van der Waals surface area contributed by atoms with Gasteiger partial charge in [-0.05, 0) is 38.7 Å². The highest BCUT2D eigenvalue weighted by Crippen LogP contribution is 2.35. The molecule has 4 heteroatoms. The fraction of sp³-hybridized carbons (Fsp3) is 0.667. The molecule has 4 nitrogen and oxygen atoms in total. The third-order valence-electron chi connectivity index (χ3n) is 4.58. The molecular weight excluding hydrogens is 238 g/mol. The van der Waals surface area contributed by atoms with Gasteiger partial charge in [0.15, 0.2) is 5.75 Å². The lowest BCUT2D eigenvalue weighted by molar-refractivity contribution is 0.351. The first-order valence-corrected chi connectivity index (χ1v) is 7.17. The average molecular weight is 261 g/mol. The molecule has 104 valence electrons. The summed E-state index contributed by atoms with van der Waals surface area (Å²) in [5.41, 5.74) is 2.21. The van der Waals surface area contributed by atoms with Crippen LogP contribution in [-0.2, 0) is 0 Å². The predicted molar refractivity (Wildman–Crippen MR) is 76.9 cm³/mol. The molecule has 0 radical (unpaired) electrons. The second-order valence-electron chi connectivity index (χ2n) is 5.87. The summed E-state index contributed by atoms with van der Waals surface area (Å²) in [6.45, 7) is 2.03. The average Bonchev–Trinajstić information content (AvgIpc) is 2.76. The zero-order valence-electron chi connectivity index (χ0n) is 12.0. The number of hydrogen-bond donors (Lipinski definition) is 1. The monoisotopic (exact) mass is 261 g/mol. The summed E-state index contributed by atoms with van der Waals surface area (Å²) in [6.07, 6.45) is 6.97. The molecule has 19 heavy (non-hydrogen) atoms. The normalized spacial score (nSPS) is 29.3. The Labute approximate surface area is 115 Å². The number of nitrogens with zero attached hydrogens (tertiary/aromatic N) is 2. The van der Waals surface area contributed by atoms with Gasteiger partial charge in [-0.1, -0.05) is 0 Å². The second kappa shape index (κ2) is 5.00. The van der Waals surface area contributed by atoms with Crippen molar-refractivity contribution in [2.24, 2.45) is 0 Å². The van der Waals surface area contributed by atoms with E-state index in [0.717, 1.165) is 11.4 Å². The number of pyridine rings is 1. The van der Waals surface area contributed by atoms with Crippen LogP contribution in [0.5, 0.6) is 5.75 Å². The molecule has 2 fully saturated rings. The number of aromatic nitrogens is 1. The number of rotatable bonds is 3. The Morgan fingerprint density at radius 1 is 1.32 bits per heavy atom. The van der Waals surface area contributed by atoms with Crippen LogP contribution in [0.1, 0.15) is 31.4 Å². The fourth-order valence-corrected chi connectivity index (χ4v) is 3.51. The molecule has 1 aromatic heterocycles. The summed E-state index contributed by atoms with van der Waals surface area (Å²) in [5.74, 6) is 0.874. The van der Waals surface area contributed by atoms with Crippen LogP contribution < -0.4 is 15.0 Å². The Morgan fingerprint density at radius 3 is 2.63 bits per heavy atom. The number of aryl methyl sites for hydroxylation is 1. The molecular formula is C15H23N3O. The van der Waals surface area contributed by atoms with Crippen molar-refractivity contribution in [3.63, 3.8) is 0 Å². The summed E-state index contributed by atoms with van der Waals surface area (Å²) in [4.78, 5) is 6.70. The molecule has 0 spiro atoms. The highest BCUT2D eigenvalue weighted by molar-refractivity contribution is 5.58. The Hall–Kier alpha value is -1.29. The Balaban J connectivity index is 1.83. The van der Waals surface area contributed by atoms with Gasteiger partial charge < -0.3 is 15.0 Å². The van der Waals surface area contributed by atoms with Gasteiger partial charge in [0.25, 0.3) is 0 Å². The minimum Gasteiger partial charge on any atom is -0.493 e. The van der Waals surface area contributed by atoms with E-state index in [0.29, 0.717) is 18.1 Å². The summed E-state index contributed by atoms with van der Waals surface area (Å²) in [7, 11) is 3.91. The van der Waals surface area contributed by atoms with Crippen LogP contribution in [0.3, 0.4) is 0 Å². The molecule has 0 aromatic carbocycles. The predicted octanol–water partition coefficient (Wildman–Crippen LogP) is 2.12. The zero-order valence-corrected chi connectivity index (χ0v) is 12.0. The lowest BCUT2D eigenvalue weighted by atomic mass is 9.98. The topological polar surface area (TPSA) is 37.4 Å². The third kappa shape index (κ3) is 2.41. The van der Waals surface area contributed by atoms with Crippen LogP contribution in [0.2, 0.25) is 0 Å². The van der Waals surface area contributed by atoms with Gasteiger partial charge in [-0.3, -0.25) is 4.98 Å². The Morgan fingerprint density at radius 2 is 2.00 bits per heavy atom. The highest BCUT2D eigenvalue weighted by atomic mass is 16.5. The molecule has 0 amide bonds. The van der Waals surface area contributed by atoms with Crippen molar-refractivity contribution in [3.05, 3.63) is 18.0 Å². The van der Waals surface area contributed by atoms with Crippen molar-refractivity contribution in [1.29, 1.82) is 0 Å². The molecule has 0 saturated carbocycles. The maximum atomic E-state index is 5.46. The van der Waals surface area contributed by atoms with Crippen LogP contribution in [0.15, 0.2) is 12.3 Å². The van der Waals surface area contributed by atoms with Gasteiger partial charge in [0.1, 0.15) is 0 Å². The van der Waals surface area contributed by atoms with Gasteiger partial charge in [0, 0.05) is 30.9 Å². The Bertz CT molecular complexity index is 451. The van der Waals surface area contributed by atoms with Crippen molar-refractivity contribution in [1.82, 2.24) is 10.3 Å². The second-order valence-corrected chi connectivity index (χ2v) is 5.87. The van der Waals surface area contributed by atoms with E-state index in [-0.39, 0.29) is 0 Å². The molecule has 1 aromatic rings. The van der Waals surface area contributed by atoms with Crippen LogP contribution in [0.25, 0.3) is 0 Å². The molecule has 2 aliphatic heterocycles. The van der Waals surface area contributed by atoms with Gasteiger partial charge in [0.2, 0.25) is 0 Å².